The molecule has 25 heavy (non-hydrogen) atoms. The summed E-state index contributed by atoms with van der Waals surface area (Å²) < 4.78 is 10.3. The molecule has 1 aliphatic carbocycles. The van der Waals surface area contributed by atoms with Gasteiger partial charge in [0.05, 0.1) is 26.0 Å². The number of carbonyl (C=O) groups is 2. The van der Waals surface area contributed by atoms with Crippen molar-refractivity contribution < 1.29 is 24.2 Å². The standard InChI is InChI=1S/C18H26N2O5/c1-24-13-8-9-16(25-2)14(10-13)20-18(23)17(22)19-11-15(21)12-6-4-3-5-7-12/h8-10,12,15,21H,3-7,11H2,1-2H3,(H,19,22)(H,20,23). The summed E-state index contributed by atoms with van der Waals surface area (Å²) in [5.41, 5.74) is 0.342. The largest absolute Gasteiger partial charge is 0.497 e. The zero-order chi connectivity index (χ0) is 18.2. The van der Waals surface area contributed by atoms with Crippen molar-refractivity contribution in [3.8, 4) is 11.5 Å². The Hall–Kier alpha value is -2.28. The number of hydrogen-bond acceptors (Lipinski definition) is 5. The topological polar surface area (TPSA) is 96.9 Å². The smallest absolute Gasteiger partial charge is 0.313 e. The quantitative estimate of drug-likeness (QED) is 0.679. The predicted molar refractivity (Wildman–Crippen MR) is 93.8 cm³/mol. The van der Waals surface area contributed by atoms with Crippen LogP contribution in [0.2, 0.25) is 0 Å². The van der Waals surface area contributed by atoms with Gasteiger partial charge in [-0.1, -0.05) is 19.3 Å². The van der Waals surface area contributed by atoms with E-state index in [0.29, 0.717) is 17.2 Å². The highest BCUT2D eigenvalue weighted by Crippen LogP contribution is 2.29. The molecule has 0 aliphatic heterocycles. The van der Waals surface area contributed by atoms with E-state index >= 15 is 0 Å². The van der Waals surface area contributed by atoms with Crippen LogP contribution in [0.4, 0.5) is 5.69 Å². The van der Waals surface area contributed by atoms with Crippen LogP contribution in [0.15, 0.2) is 18.2 Å². The molecule has 2 rings (SSSR count). The van der Waals surface area contributed by atoms with E-state index in [9.17, 15) is 14.7 Å². The van der Waals surface area contributed by atoms with Gasteiger partial charge in [0, 0.05) is 12.6 Å². The van der Waals surface area contributed by atoms with Gasteiger partial charge in [-0.05, 0) is 30.9 Å². The van der Waals surface area contributed by atoms with Crippen molar-refractivity contribution in [3.05, 3.63) is 18.2 Å². The van der Waals surface area contributed by atoms with Crippen LogP contribution in [-0.4, -0.2) is 43.8 Å². The second-order valence-corrected chi connectivity index (χ2v) is 6.20. The van der Waals surface area contributed by atoms with Crippen molar-refractivity contribution in [2.24, 2.45) is 5.92 Å². The molecule has 0 bridgehead atoms. The number of anilines is 1. The monoisotopic (exact) mass is 350 g/mol. The zero-order valence-electron chi connectivity index (χ0n) is 14.7. The predicted octanol–water partition coefficient (Wildman–Crippen LogP) is 1.70. The number of ether oxygens (including phenoxy) is 2. The van der Waals surface area contributed by atoms with Gasteiger partial charge < -0.3 is 25.2 Å². The third kappa shape index (κ3) is 5.35. The molecule has 138 valence electrons. The molecular weight excluding hydrogens is 324 g/mol. The number of nitrogens with one attached hydrogen (secondary N) is 2. The lowest BCUT2D eigenvalue weighted by Crippen LogP contribution is -2.42. The molecule has 3 N–H and O–H groups in total. The van der Waals surface area contributed by atoms with E-state index < -0.39 is 17.9 Å². The fourth-order valence-corrected chi connectivity index (χ4v) is 3.05. The number of rotatable bonds is 6. The van der Waals surface area contributed by atoms with Gasteiger partial charge in [-0.2, -0.15) is 0 Å². The molecule has 7 heteroatoms. The molecule has 1 atom stereocenters. The number of benzene rings is 1. The van der Waals surface area contributed by atoms with Crippen LogP contribution in [0.1, 0.15) is 32.1 Å². The highest BCUT2D eigenvalue weighted by atomic mass is 16.5. The van der Waals surface area contributed by atoms with Crippen molar-refractivity contribution in [1.29, 1.82) is 0 Å². The van der Waals surface area contributed by atoms with Gasteiger partial charge in [0.25, 0.3) is 0 Å². The van der Waals surface area contributed by atoms with Crippen LogP contribution in [0.5, 0.6) is 11.5 Å². The molecule has 1 aromatic carbocycles. The molecule has 0 heterocycles. The SMILES string of the molecule is COc1ccc(OC)c(NC(=O)C(=O)NCC(O)C2CCCCC2)c1. The fourth-order valence-electron chi connectivity index (χ4n) is 3.05. The van der Waals surface area contributed by atoms with Crippen molar-refractivity contribution in [2.45, 2.75) is 38.2 Å². The highest BCUT2D eigenvalue weighted by Gasteiger charge is 2.23. The first kappa shape index (κ1) is 19.1. The van der Waals surface area contributed by atoms with Gasteiger partial charge in [-0.25, -0.2) is 0 Å². The Morgan fingerprint density at radius 1 is 1.16 bits per heavy atom. The number of hydrogen-bond donors (Lipinski definition) is 3. The summed E-state index contributed by atoms with van der Waals surface area (Å²) >= 11 is 0. The molecule has 0 aromatic heterocycles. The average Bonchev–Trinajstić information content (AvgIpc) is 2.66. The molecule has 0 saturated heterocycles. The third-order valence-corrected chi connectivity index (χ3v) is 4.53. The Morgan fingerprint density at radius 3 is 2.52 bits per heavy atom. The summed E-state index contributed by atoms with van der Waals surface area (Å²) in [5, 5.41) is 15.2. The molecule has 1 saturated carbocycles. The lowest BCUT2D eigenvalue weighted by atomic mass is 9.85. The Bertz CT molecular complexity index is 599. The van der Waals surface area contributed by atoms with E-state index in [-0.39, 0.29) is 12.5 Å². The minimum atomic E-state index is -0.817. The van der Waals surface area contributed by atoms with Crippen LogP contribution in [-0.2, 0) is 9.59 Å². The number of aliphatic hydroxyl groups is 1. The minimum Gasteiger partial charge on any atom is -0.497 e. The lowest BCUT2D eigenvalue weighted by Gasteiger charge is -2.26. The van der Waals surface area contributed by atoms with E-state index in [4.69, 9.17) is 9.47 Å². The van der Waals surface area contributed by atoms with Crippen LogP contribution in [0, 0.1) is 5.92 Å². The number of amides is 2. The number of aliphatic hydroxyl groups excluding tert-OH is 1. The third-order valence-electron chi connectivity index (χ3n) is 4.53. The summed E-state index contributed by atoms with van der Waals surface area (Å²) in [7, 11) is 2.98. The summed E-state index contributed by atoms with van der Waals surface area (Å²) in [6.45, 7) is 0.0756. The molecule has 2 amide bonds. The molecule has 1 fully saturated rings. The number of carbonyl (C=O) groups excluding carboxylic acids is 2. The second-order valence-electron chi connectivity index (χ2n) is 6.20. The first-order valence-electron chi connectivity index (χ1n) is 8.54. The van der Waals surface area contributed by atoms with Crippen molar-refractivity contribution in [3.63, 3.8) is 0 Å². The van der Waals surface area contributed by atoms with Crippen molar-refractivity contribution >= 4 is 17.5 Å². The summed E-state index contributed by atoms with van der Waals surface area (Å²) in [6.07, 6.45) is 4.70. The molecular formula is C18H26N2O5. The molecule has 1 aromatic rings. The van der Waals surface area contributed by atoms with Gasteiger partial charge in [-0.15, -0.1) is 0 Å². The fraction of sp³-hybridized carbons (Fsp3) is 0.556. The number of methoxy groups -OCH3 is 2. The zero-order valence-corrected chi connectivity index (χ0v) is 14.7. The van der Waals surface area contributed by atoms with E-state index in [1.54, 1.807) is 18.2 Å². The Kier molecular flexibility index (Phi) is 7.06. The molecule has 1 unspecified atom stereocenters. The summed E-state index contributed by atoms with van der Waals surface area (Å²) in [4.78, 5) is 24.1. The maximum absolute atomic E-state index is 12.1. The summed E-state index contributed by atoms with van der Waals surface area (Å²) in [5.74, 6) is -0.467. The van der Waals surface area contributed by atoms with Crippen molar-refractivity contribution in [1.82, 2.24) is 5.32 Å². The van der Waals surface area contributed by atoms with Gasteiger partial charge in [0.1, 0.15) is 11.5 Å². The Morgan fingerprint density at radius 2 is 1.88 bits per heavy atom. The average molecular weight is 350 g/mol. The Balaban J connectivity index is 1.88. The van der Waals surface area contributed by atoms with Gasteiger partial charge >= 0.3 is 11.8 Å². The van der Waals surface area contributed by atoms with Gasteiger partial charge in [0.15, 0.2) is 0 Å². The highest BCUT2D eigenvalue weighted by molar-refractivity contribution is 6.39. The van der Waals surface area contributed by atoms with Crippen LogP contribution in [0.25, 0.3) is 0 Å². The van der Waals surface area contributed by atoms with E-state index in [1.165, 1.54) is 20.6 Å². The maximum Gasteiger partial charge on any atom is 0.313 e. The van der Waals surface area contributed by atoms with Gasteiger partial charge in [0.2, 0.25) is 0 Å². The first-order chi connectivity index (χ1) is 12.0. The molecule has 0 radical (unpaired) electrons. The van der Waals surface area contributed by atoms with E-state index in [0.717, 1.165) is 25.7 Å². The minimum absolute atomic E-state index is 0.0756. The van der Waals surface area contributed by atoms with E-state index in [1.807, 2.05) is 0 Å². The normalized spacial score (nSPS) is 16.0. The second kappa shape index (κ2) is 9.27. The van der Waals surface area contributed by atoms with Crippen molar-refractivity contribution in [2.75, 3.05) is 26.1 Å². The maximum atomic E-state index is 12.1. The van der Waals surface area contributed by atoms with E-state index in [2.05, 4.69) is 10.6 Å². The van der Waals surface area contributed by atoms with Crippen LogP contribution < -0.4 is 20.1 Å². The molecule has 1 aliphatic rings. The summed E-state index contributed by atoms with van der Waals surface area (Å²) in [6, 6.07) is 4.90. The molecule has 7 nitrogen and oxygen atoms in total. The molecule has 0 spiro atoms. The van der Waals surface area contributed by atoms with Crippen LogP contribution >= 0.6 is 0 Å². The van der Waals surface area contributed by atoms with Gasteiger partial charge in [-0.3, -0.25) is 9.59 Å². The first-order valence-corrected chi connectivity index (χ1v) is 8.54. The lowest BCUT2D eigenvalue weighted by molar-refractivity contribution is -0.136. The van der Waals surface area contributed by atoms with Crippen LogP contribution in [0.3, 0.4) is 0 Å². The Labute approximate surface area is 147 Å².